The van der Waals surface area contributed by atoms with Crippen molar-refractivity contribution in [3.8, 4) is 29.6 Å². The van der Waals surface area contributed by atoms with Crippen LogP contribution >= 0.6 is 0 Å². The number of pyridine rings is 1. The molecule has 5 aliphatic rings. The third-order valence-corrected chi connectivity index (χ3v) is 11.0. The smallest absolute Gasteiger partial charge is 0.319 e. The summed E-state index contributed by atoms with van der Waals surface area (Å²) in [4.78, 5) is 19.1. The molecule has 7 nitrogen and oxygen atoms in total. The van der Waals surface area contributed by atoms with Gasteiger partial charge < -0.3 is 15.0 Å². The van der Waals surface area contributed by atoms with Crippen molar-refractivity contribution in [3.63, 3.8) is 0 Å². The molecule has 45 heavy (non-hydrogen) atoms. The van der Waals surface area contributed by atoms with E-state index in [0.717, 1.165) is 45.2 Å². The van der Waals surface area contributed by atoms with E-state index in [-0.39, 0.29) is 35.4 Å². The van der Waals surface area contributed by atoms with Crippen LogP contribution in [0.25, 0.3) is 32.9 Å². The minimum atomic E-state index is -0.889. The fraction of sp³-hybridized carbons (Fsp3) is 0.457. The topological polar surface area (TPSA) is 66.4 Å². The highest BCUT2D eigenvalue weighted by molar-refractivity contribution is 6.02. The van der Waals surface area contributed by atoms with E-state index in [0.29, 0.717) is 64.7 Å². The summed E-state index contributed by atoms with van der Waals surface area (Å²) in [5.41, 5.74) is 1.02. The number of aromatic nitrogens is 3. The average Bonchev–Trinajstić information content (AvgIpc) is 3.68. The first-order chi connectivity index (χ1) is 21.9. The van der Waals surface area contributed by atoms with Crippen LogP contribution in [0.4, 0.5) is 19.0 Å². The van der Waals surface area contributed by atoms with Gasteiger partial charge in [-0.3, -0.25) is 4.90 Å². The fourth-order valence-corrected chi connectivity index (χ4v) is 8.95. The largest absolute Gasteiger partial charge is 0.461 e. The monoisotopic (exact) mass is 610 g/mol. The molecule has 10 heteroatoms. The first-order valence-corrected chi connectivity index (χ1v) is 16.1. The van der Waals surface area contributed by atoms with Crippen molar-refractivity contribution < 1.29 is 17.9 Å². The number of fused-ring (bicyclic) bond motifs is 7. The lowest BCUT2D eigenvalue weighted by atomic mass is 9.95. The van der Waals surface area contributed by atoms with E-state index < -0.39 is 23.3 Å². The van der Waals surface area contributed by atoms with Crippen LogP contribution in [0.5, 0.6) is 6.01 Å². The molecule has 2 aromatic heterocycles. The lowest BCUT2D eigenvalue weighted by molar-refractivity contribution is 0.107. The Bertz CT molecular complexity index is 1930. The number of benzene rings is 2. The van der Waals surface area contributed by atoms with E-state index in [1.54, 1.807) is 18.2 Å². The maximum atomic E-state index is 17.0. The predicted molar refractivity (Wildman–Crippen MR) is 166 cm³/mol. The number of alkyl halides is 1. The molecule has 2 aromatic carbocycles. The molecule has 1 N–H and O–H groups in total. The standard InChI is InChI=1S/C35H33F3N6O/c1-2-22-24(37)9-7-19-5-3-6-23(28(19)22)31-30(38)32-29-26(40-31)11-12-27-25-10-8-21(39-25)17-44(27)33(29)42-34(41-32)45-18-35-13-4-14-43(35)16-20(36)15-35/h1,3,5-7,9,20-21,25,27,39H,4,8,10-18H2/t20-,21-,25+,27-,35+/m1/s1. The first-order valence-electron chi connectivity index (χ1n) is 16.1. The van der Waals surface area contributed by atoms with E-state index in [4.69, 9.17) is 26.1 Å². The van der Waals surface area contributed by atoms with Crippen LogP contribution in [-0.4, -0.2) is 75.9 Å². The summed E-state index contributed by atoms with van der Waals surface area (Å²) in [7, 11) is 0. The summed E-state index contributed by atoms with van der Waals surface area (Å²) in [5, 5.41) is 5.50. The Morgan fingerprint density at radius 3 is 2.87 bits per heavy atom. The number of nitrogens with zero attached hydrogens (tertiary/aromatic N) is 5. The number of piperazine rings is 1. The molecule has 5 atom stereocenters. The zero-order valence-corrected chi connectivity index (χ0v) is 24.8. The highest BCUT2D eigenvalue weighted by Crippen LogP contribution is 2.44. The van der Waals surface area contributed by atoms with Gasteiger partial charge in [0.05, 0.1) is 22.2 Å². The minimum absolute atomic E-state index is 0.0741. The molecule has 0 spiro atoms. The highest BCUT2D eigenvalue weighted by atomic mass is 19.1. The second-order valence-electron chi connectivity index (χ2n) is 13.4. The summed E-state index contributed by atoms with van der Waals surface area (Å²) in [6.07, 6.45) is 10.7. The van der Waals surface area contributed by atoms with Crippen molar-refractivity contribution in [1.29, 1.82) is 0 Å². The van der Waals surface area contributed by atoms with E-state index >= 15 is 4.39 Å². The van der Waals surface area contributed by atoms with Gasteiger partial charge in [-0.25, -0.2) is 18.2 Å². The fourth-order valence-electron chi connectivity index (χ4n) is 8.95. The van der Waals surface area contributed by atoms with Gasteiger partial charge in [0.15, 0.2) is 5.82 Å². The number of anilines is 1. The molecule has 4 saturated heterocycles. The Morgan fingerprint density at radius 1 is 1.07 bits per heavy atom. The van der Waals surface area contributed by atoms with E-state index in [1.807, 2.05) is 6.07 Å². The number of hydrogen-bond donors (Lipinski definition) is 1. The summed E-state index contributed by atoms with van der Waals surface area (Å²) in [6, 6.07) is 9.23. The molecule has 0 aliphatic carbocycles. The zero-order valence-electron chi connectivity index (χ0n) is 24.8. The third-order valence-electron chi connectivity index (χ3n) is 11.0. The summed E-state index contributed by atoms with van der Waals surface area (Å²) < 4.78 is 52.8. The molecular weight excluding hydrogens is 577 g/mol. The molecule has 5 aliphatic heterocycles. The Balaban J connectivity index is 1.24. The van der Waals surface area contributed by atoms with Gasteiger partial charge in [0.1, 0.15) is 35.6 Å². The SMILES string of the molecule is C#Cc1c(F)ccc2cccc(-c3nc4c5c(nc(OC[C@@]67CCCN6C[C@H](F)C7)nc5c3F)N3C[C@H]5CC[C@H](N5)[C@H]3CC4)c12. The molecular formula is C35H33F3N6O. The number of halogens is 3. The number of rotatable bonds is 4. The van der Waals surface area contributed by atoms with Crippen LogP contribution in [0.1, 0.15) is 49.8 Å². The maximum absolute atomic E-state index is 17.0. The Morgan fingerprint density at radius 2 is 1.98 bits per heavy atom. The molecule has 0 radical (unpaired) electrons. The first kappa shape index (κ1) is 27.4. The summed E-state index contributed by atoms with van der Waals surface area (Å²) >= 11 is 0. The predicted octanol–water partition coefficient (Wildman–Crippen LogP) is 5.32. The summed E-state index contributed by atoms with van der Waals surface area (Å²) in [6.45, 7) is 2.26. The Hall–Kier alpha value is -3.94. The van der Waals surface area contributed by atoms with Crippen molar-refractivity contribution in [3.05, 3.63) is 53.2 Å². The van der Waals surface area contributed by atoms with Gasteiger partial charge in [0.2, 0.25) is 0 Å². The van der Waals surface area contributed by atoms with Gasteiger partial charge in [-0.2, -0.15) is 9.97 Å². The van der Waals surface area contributed by atoms with Gasteiger partial charge in [-0.05, 0) is 56.5 Å². The molecule has 0 amide bonds. The van der Waals surface area contributed by atoms with Crippen LogP contribution in [0.3, 0.4) is 0 Å². The number of hydrogen-bond acceptors (Lipinski definition) is 7. The second kappa shape index (κ2) is 10.0. The molecule has 4 aromatic rings. The van der Waals surface area contributed by atoms with Crippen molar-refractivity contribution in [2.75, 3.05) is 31.1 Å². The van der Waals surface area contributed by atoms with Gasteiger partial charge >= 0.3 is 6.01 Å². The normalized spacial score (nSPS) is 28.7. The highest BCUT2D eigenvalue weighted by Gasteiger charge is 2.50. The quantitative estimate of drug-likeness (QED) is 0.314. The van der Waals surface area contributed by atoms with Crippen LogP contribution in [0.2, 0.25) is 0 Å². The Kier molecular flexibility index (Phi) is 6.10. The van der Waals surface area contributed by atoms with Crippen LogP contribution in [0.15, 0.2) is 30.3 Å². The second-order valence-corrected chi connectivity index (χ2v) is 13.4. The van der Waals surface area contributed by atoms with E-state index in [2.05, 4.69) is 21.0 Å². The van der Waals surface area contributed by atoms with Crippen LogP contribution < -0.4 is 15.0 Å². The zero-order chi connectivity index (χ0) is 30.4. The molecule has 2 bridgehead atoms. The van der Waals surface area contributed by atoms with Gasteiger partial charge in [-0.15, -0.1) is 6.42 Å². The third kappa shape index (κ3) is 4.09. The van der Waals surface area contributed by atoms with Crippen LogP contribution in [-0.2, 0) is 6.42 Å². The van der Waals surface area contributed by atoms with Gasteiger partial charge in [-0.1, -0.05) is 30.2 Å². The molecule has 7 heterocycles. The van der Waals surface area contributed by atoms with Gasteiger partial charge in [0, 0.05) is 48.6 Å². The van der Waals surface area contributed by atoms with Crippen molar-refractivity contribution in [2.24, 2.45) is 0 Å². The van der Waals surface area contributed by atoms with Crippen molar-refractivity contribution in [1.82, 2.24) is 25.2 Å². The molecule has 4 fully saturated rings. The van der Waals surface area contributed by atoms with Crippen molar-refractivity contribution in [2.45, 2.75) is 74.8 Å². The number of nitrogens with one attached hydrogen (secondary N) is 1. The lowest BCUT2D eigenvalue weighted by Gasteiger charge is -2.41. The van der Waals surface area contributed by atoms with Crippen molar-refractivity contribution >= 4 is 27.5 Å². The Labute approximate surface area is 259 Å². The molecule has 230 valence electrons. The van der Waals surface area contributed by atoms with Crippen LogP contribution in [0, 0.1) is 24.0 Å². The van der Waals surface area contributed by atoms with E-state index in [1.165, 1.54) is 6.07 Å². The maximum Gasteiger partial charge on any atom is 0.319 e. The summed E-state index contributed by atoms with van der Waals surface area (Å²) in [5.74, 6) is 1.95. The number of aryl methyl sites for hydroxylation is 1. The average molecular weight is 611 g/mol. The number of terminal acetylenes is 1. The minimum Gasteiger partial charge on any atom is -0.461 e. The van der Waals surface area contributed by atoms with Gasteiger partial charge in [0.25, 0.3) is 0 Å². The molecule has 0 saturated carbocycles. The lowest BCUT2D eigenvalue weighted by Crippen LogP contribution is -2.58. The molecule has 0 unspecified atom stereocenters. The van der Waals surface area contributed by atoms with E-state index in [9.17, 15) is 8.78 Å². The molecule has 9 rings (SSSR count). The number of ether oxygens (including phenoxy) is 1.